The number of halogens is 1. The number of carbonyl (C=O) groups excluding carboxylic acids is 1. The number of amides is 1. The van der Waals surface area contributed by atoms with E-state index in [-0.39, 0.29) is 11.6 Å². The summed E-state index contributed by atoms with van der Waals surface area (Å²) >= 11 is 3.23. The fourth-order valence-electron chi connectivity index (χ4n) is 2.98. The lowest BCUT2D eigenvalue weighted by Crippen LogP contribution is -2.17. The van der Waals surface area contributed by atoms with Gasteiger partial charge in [0, 0.05) is 16.1 Å². The lowest BCUT2D eigenvalue weighted by molar-refractivity contribution is -0.384. The van der Waals surface area contributed by atoms with Gasteiger partial charge < -0.3 is 4.42 Å². The zero-order chi connectivity index (χ0) is 21.1. The van der Waals surface area contributed by atoms with Crippen molar-refractivity contribution in [1.29, 1.82) is 0 Å². The summed E-state index contributed by atoms with van der Waals surface area (Å²) in [5.74, 6) is 0.324. The minimum Gasteiger partial charge on any atom is -0.455 e. The summed E-state index contributed by atoms with van der Waals surface area (Å²) in [6.07, 6.45) is 1.34. The number of nitrogens with zero attached hydrogens (tertiary/aromatic N) is 2. The molecule has 0 radical (unpaired) electrons. The smallest absolute Gasteiger partial charge is 0.281 e. The van der Waals surface area contributed by atoms with Crippen LogP contribution in [0.4, 0.5) is 5.69 Å². The highest BCUT2D eigenvalue weighted by Gasteiger charge is 2.18. The fourth-order valence-corrected chi connectivity index (χ4v) is 3.33. The molecule has 8 heteroatoms. The normalized spacial score (nSPS) is 11.1. The van der Waals surface area contributed by atoms with E-state index in [9.17, 15) is 14.9 Å². The Labute approximate surface area is 179 Å². The van der Waals surface area contributed by atoms with Crippen LogP contribution in [0.25, 0.3) is 22.1 Å². The minimum absolute atomic E-state index is 0.0770. The fraction of sp³-hybridized carbons (Fsp3) is 0. The second-order valence-corrected chi connectivity index (χ2v) is 7.30. The maximum Gasteiger partial charge on any atom is 0.281 e. The average molecular weight is 464 g/mol. The van der Waals surface area contributed by atoms with Gasteiger partial charge in [-0.05, 0) is 47.2 Å². The summed E-state index contributed by atoms with van der Waals surface area (Å²) in [6.45, 7) is 0. The number of fused-ring (bicyclic) bond motifs is 1. The molecule has 4 aromatic rings. The highest BCUT2D eigenvalue weighted by Crippen LogP contribution is 2.33. The molecule has 7 nitrogen and oxygen atoms in total. The Hall–Kier alpha value is -3.78. The topological polar surface area (TPSA) is 97.7 Å². The first kappa shape index (κ1) is 19.5. The molecule has 0 saturated heterocycles. The van der Waals surface area contributed by atoms with Crippen LogP contribution in [-0.4, -0.2) is 17.0 Å². The lowest BCUT2D eigenvalue weighted by atomic mass is 10.1. The van der Waals surface area contributed by atoms with Gasteiger partial charge in [0.1, 0.15) is 11.5 Å². The van der Waals surface area contributed by atoms with Crippen molar-refractivity contribution in [1.82, 2.24) is 5.43 Å². The van der Waals surface area contributed by atoms with Gasteiger partial charge in [0.25, 0.3) is 11.6 Å². The second kappa shape index (κ2) is 8.30. The number of nitro groups is 1. The monoisotopic (exact) mass is 463 g/mol. The van der Waals surface area contributed by atoms with Crippen LogP contribution in [0.3, 0.4) is 0 Å². The van der Waals surface area contributed by atoms with Crippen molar-refractivity contribution in [3.05, 3.63) is 98.7 Å². The summed E-state index contributed by atoms with van der Waals surface area (Å²) in [5, 5.41) is 17.2. The molecule has 0 saturated carbocycles. The molecule has 0 unspecified atom stereocenters. The number of rotatable bonds is 5. The maximum atomic E-state index is 12.3. The summed E-state index contributed by atoms with van der Waals surface area (Å²) in [5.41, 5.74) is 3.21. The van der Waals surface area contributed by atoms with Crippen molar-refractivity contribution in [2.75, 3.05) is 0 Å². The molecular formula is C22H14BrN3O4. The van der Waals surface area contributed by atoms with E-state index in [1.807, 2.05) is 30.3 Å². The van der Waals surface area contributed by atoms with Gasteiger partial charge in [-0.15, -0.1) is 0 Å². The highest BCUT2D eigenvalue weighted by atomic mass is 79.9. The van der Waals surface area contributed by atoms with Crippen LogP contribution in [0, 0.1) is 10.1 Å². The molecule has 1 N–H and O–H groups in total. The first-order chi connectivity index (χ1) is 14.5. The van der Waals surface area contributed by atoms with E-state index in [0.717, 1.165) is 10.8 Å². The molecule has 4 rings (SSSR count). The summed E-state index contributed by atoms with van der Waals surface area (Å²) in [6, 6.07) is 21.1. The Morgan fingerprint density at radius 1 is 1.03 bits per heavy atom. The van der Waals surface area contributed by atoms with Gasteiger partial charge in [0.2, 0.25) is 0 Å². The zero-order valence-electron chi connectivity index (χ0n) is 15.4. The molecule has 0 fully saturated rings. The molecule has 1 amide bonds. The van der Waals surface area contributed by atoms with Crippen LogP contribution in [0.2, 0.25) is 0 Å². The largest absolute Gasteiger partial charge is 0.455 e. The Kier molecular flexibility index (Phi) is 5.40. The average Bonchev–Trinajstić information content (AvgIpc) is 3.22. The molecule has 0 atom stereocenters. The van der Waals surface area contributed by atoms with Crippen molar-refractivity contribution in [3.8, 4) is 11.3 Å². The molecule has 0 bridgehead atoms. The molecule has 0 aliphatic rings. The van der Waals surface area contributed by atoms with E-state index < -0.39 is 4.92 Å². The number of carbonyl (C=O) groups is 1. The molecule has 3 aromatic carbocycles. The molecule has 0 aliphatic carbocycles. The third-order valence-corrected chi connectivity index (χ3v) is 4.91. The maximum absolute atomic E-state index is 12.3. The van der Waals surface area contributed by atoms with Gasteiger partial charge in [-0.25, -0.2) is 5.43 Å². The van der Waals surface area contributed by atoms with E-state index in [1.54, 1.807) is 36.4 Å². The molecule has 1 heterocycles. The van der Waals surface area contributed by atoms with Crippen LogP contribution in [-0.2, 0) is 0 Å². The van der Waals surface area contributed by atoms with Gasteiger partial charge in [-0.1, -0.05) is 46.3 Å². The molecule has 0 spiro atoms. The molecule has 148 valence electrons. The quantitative estimate of drug-likeness (QED) is 0.238. The number of hydrazone groups is 1. The van der Waals surface area contributed by atoms with Crippen LogP contribution in [0.15, 0.2) is 86.8 Å². The Bertz CT molecular complexity index is 1300. The summed E-state index contributed by atoms with van der Waals surface area (Å²) in [4.78, 5) is 23.1. The first-order valence-electron chi connectivity index (χ1n) is 8.87. The Morgan fingerprint density at radius 2 is 1.83 bits per heavy atom. The van der Waals surface area contributed by atoms with Crippen molar-refractivity contribution < 1.29 is 14.1 Å². The highest BCUT2D eigenvalue weighted by molar-refractivity contribution is 9.10. The van der Waals surface area contributed by atoms with Gasteiger partial charge in [0.15, 0.2) is 0 Å². The van der Waals surface area contributed by atoms with Gasteiger partial charge in [-0.3, -0.25) is 14.9 Å². The van der Waals surface area contributed by atoms with Gasteiger partial charge in [-0.2, -0.15) is 5.10 Å². The number of hydrogen-bond donors (Lipinski definition) is 1. The predicted octanol–water partition coefficient (Wildman–Crippen LogP) is 5.53. The van der Waals surface area contributed by atoms with Crippen LogP contribution in [0.1, 0.15) is 16.1 Å². The number of furan rings is 1. The van der Waals surface area contributed by atoms with Gasteiger partial charge >= 0.3 is 0 Å². The van der Waals surface area contributed by atoms with Gasteiger partial charge in [0.05, 0.1) is 16.7 Å². The molecular weight excluding hydrogens is 450 g/mol. The van der Waals surface area contributed by atoms with Crippen molar-refractivity contribution in [2.24, 2.45) is 5.10 Å². The third kappa shape index (κ3) is 4.13. The molecule has 0 aliphatic heterocycles. The van der Waals surface area contributed by atoms with Crippen molar-refractivity contribution >= 4 is 44.5 Å². The first-order valence-corrected chi connectivity index (χ1v) is 9.67. The number of nitro benzene ring substituents is 1. The molecule has 30 heavy (non-hydrogen) atoms. The molecule has 1 aromatic heterocycles. The van der Waals surface area contributed by atoms with Crippen LogP contribution >= 0.6 is 15.9 Å². The van der Waals surface area contributed by atoms with Crippen molar-refractivity contribution in [3.63, 3.8) is 0 Å². The lowest BCUT2D eigenvalue weighted by Gasteiger charge is -2.02. The number of nitrogens with one attached hydrogen (secondary N) is 1. The van der Waals surface area contributed by atoms with E-state index in [2.05, 4.69) is 26.5 Å². The predicted molar refractivity (Wildman–Crippen MR) is 118 cm³/mol. The zero-order valence-corrected chi connectivity index (χ0v) is 17.0. The summed E-state index contributed by atoms with van der Waals surface area (Å²) in [7, 11) is 0. The van der Waals surface area contributed by atoms with E-state index in [0.29, 0.717) is 27.1 Å². The number of benzene rings is 3. The minimum atomic E-state index is -0.472. The van der Waals surface area contributed by atoms with Crippen LogP contribution < -0.4 is 5.43 Å². The SMILES string of the molecule is O=C(N/N=C\c1ccc(-c2ccc(Br)cc2[N+](=O)[O-])o1)c1ccc2ccccc2c1. The summed E-state index contributed by atoms with van der Waals surface area (Å²) < 4.78 is 6.22. The Balaban J connectivity index is 1.48. The Morgan fingerprint density at radius 3 is 2.63 bits per heavy atom. The van der Waals surface area contributed by atoms with E-state index in [4.69, 9.17) is 4.42 Å². The van der Waals surface area contributed by atoms with E-state index in [1.165, 1.54) is 12.3 Å². The van der Waals surface area contributed by atoms with Crippen molar-refractivity contribution in [2.45, 2.75) is 0 Å². The standard InChI is InChI=1S/C22H14BrN3O4/c23-17-7-9-19(20(12-17)26(28)29)21-10-8-18(30-21)13-24-25-22(27)16-6-5-14-3-1-2-4-15(14)11-16/h1-13H,(H,25,27)/b24-13-. The third-order valence-electron chi connectivity index (χ3n) is 4.42. The van der Waals surface area contributed by atoms with E-state index >= 15 is 0 Å². The number of hydrogen-bond acceptors (Lipinski definition) is 5. The second-order valence-electron chi connectivity index (χ2n) is 6.38. The van der Waals surface area contributed by atoms with Crippen LogP contribution in [0.5, 0.6) is 0 Å².